The van der Waals surface area contributed by atoms with E-state index in [1.807, 2.05) is 23.6 Å². The number of anilines is 1. The number of thiophene rings is 1. The third kappa shape index (κ3) is 3.54. The molecule has 0 aliphatic carbocycles. The third-order valence-corrected chi connectivity index (χ3v) is 4.26. The second kappa shape index (κ2) is 7.22. The Morgan fingerprint density at radius 2 is 2.00 bits per heavy atom. The zero-order chi connectivity index (χ0) is 15.2. The van der Waals surface area contributed by atoms with Crippen LogP contribution in [-0.4, -0.2) is 23.1 Å². The predicted molar refractivity (Wildman–Crippen MR) is 91.8 cm³/mol. The molecule has 3 aromatic rings. The molecule has 3 rings (SSSR count). The Bertz CT molecular complexity index is 724. The molecule has 0 bridgehead atoms. The van der Waals surface area contributed by atoms with Gasteiger partial charge < -0.3 is 10.1 Å². The molecule has 2 heterocycles. The minimum Gasteiger partial charge on any atom is -0.494 e. The van der Waals surface area contributed by atoms with Crippen LogP contribution >= 0.6 is 11.3 Å². The zero-order valence-electron chi connectivity index (χ0n) is 12.6. The molecule has 1 N–H and O–H groups in total. The van der Waals surface area contributed by atoms with E-state index in [1.165, 1.54) is 5.56 Å². The van der Waals surface area contributed by atoms with Crippen LogP contribution in [0, 0.1) is 0 Å². The molecule has 2 aromatic heterocycles. The summed E-state index contributed by atoms with van der Waals surface area (Å²) in [5.74, 6) is 1.86. The van der Waals surface area contributed by atoms with E-state index in [0.29, 0.717) is 0 Å². The van der Waals surface area contributed by atoms with Crippen LogP contribution in [-0.2, 0) is 6.42 Å². The molecule has 0 saturated carbocycles. The van der Waals surface area contributed by atoms with Crippen molar-refractivity contribution in [1.82, 2.24) is 9.97 Å². The first-order chi connectivity index (χ1) is 10.9. The molecule has 0 aliphatic heterocycles. The van der Waals surface area contributed by atoms with Gasteiger partial charge in [-0.05, 0) is 42.0 Å². The normalized spacial score (nSPS) is 10.8. The van der Waals surface area contributed by atoms with Crippen molar-refractivity contribution in [2.75, 3.05) is 18.5 Å². The van der Waals surface area contributed by atoms with Gasteiger partial charge in [-0.25, -0.2) is 9.97 Å². The Hall–Kier alpha value is -2.14. The minimum absolute atomic E-state index is 0.769. The summed E-state index contributed by atoms with van der Waals surface area (Å²) in [6.45, 7) is 3.72. The molecule has 0 unspecified atom stereocenters. The van der Waals surface area contributed by atoms with Crippen molar-refractivity contribution in [3.05, 3.63) is 47.6 Å². The smallest absolute Gasteiger partial charge is 0.147 e. The second-order valence-corrected chi connectivity index (χ2v) is 5.94. The molecule has 0 saturated heterocycles. The van der Waals surface area contributed by atoms with E-state index >= 15 is 0 Å². The number of benzene rings is 1. The van der Waals surface area contributed by atoms with Crippen molar-refractivity contribution < 1.29 is 4.74 Å². The van der Waals surface area contributed by atoms with E-state index in [2.05, 4.69) is 34.3 Å². The number of fused-ring (bicyclic) bond motifs is 1. The number of nitrogens with one attached hydrogen (secondary N) is 1. The number of aromatic nitrogens is 2. The monoisotopic (exact) mass is 313 g/mol. The van der Waals surface area contributed by atoms with Crippen molar-refractivity contribution in [3.63, 3.8) is 0 Å². The third-order valence-electron chi connectivity index (χ3n) is 3.35. The maximum Gasteiger partial charge on any atom is 0.147 e. The van der Waals surface area contributed by atoms with Crippen LogP contribution < -0.4 is 10.1 Å². The highest BCUT2D eigenvalue weighted by Gasteiger charge is 2.04. The quantitative estimate of drug-likeness (QED) is 0.712. The lowest BCUT2D eigenvalue weighted by atomic mass is 10.1. The van der Waals surface area contributed by atoms with Gasteiger partial charge in [0.2, 0.25) is 0 Å². The average Bonchev–Trinajstić information content (AvgIpc) is 3.03. The molecule has 0 amide bonds. The molecule has 114 valence electrons. The Balaban J connectivity index is 1.55. The first kappa shape index (κ1) is 14.8. The van der Waals surface area contributed by atoms with E-state index in [9.17, 15) is 0 Å². The van der Waals surface area contributed by atoms with Gasteiger partial charge in [-0.2, -0.15) is 0 Å². The Labute approximate surface area is 134 Å². The number of nitrogens with zero attached hydrogens (tertiary/aromatic N) is 2. The molecule has 1 aromatic carbocycles. The van der Waals surface area contributed by atoms with Crippen molar-refractivity contribution in [1.29, 1.82) is 0 Å². The number of ether oxygens (including phenoxy) is 1. The van der Waals surface area contributed by atoms with Crippen LogP contribution in [0.25, 0.3) is 10.2 Å². The van der Waals surface area contributed by atoms with Gasteiger partial charge in [-0.3, -0.25) is 0 Å². The van der Waals surface area contributed by atoms with Crippen LogP contribution in [0.15, 0.2) is 42.0 Å². The lowest BCUT2D eigenvalue weighted by molar-refractivity contribution is 0.317. The molecule has 22 heavy (non-hydrogen) atoms. The fraction of sp³-hybridized carbons (Fsp3) is 0.294. The lowest BCUT2D eigenvalue weighted by Crippen LogP contribution is -2.06. The Morgan fingerprint density at radius 1 is 1.14 bits per heavy atom. The molecule has 0 radical (unpaired) electrons. The summed E-state index contributed by atoms with van der Waals surface area (Å²) in [5, 5.41) is 5.44. The zero-order valence-corrected chi connectivity index (χ0v) is 13.4. The van der Waals surface area contributed by atoms with Crippen LogP contribution in [0.3, 0.4) is 0 Å². The fourth-order valence-corrected chi connectivity index (χ4v) is 3.02. The summed E-state index contributed by atoms with van der Waals surface area (Å²) in [4.78, 5) is 8.57. The van der Waals surface area contributed by atoms with Gasteiger partial charge in [-0.1, -0.05) is 19.1 Å². The van der Waals surface area contributed by atoms with Crippen molar-refractivity contribution in [2.45, 2.75) is 19.8 Å². The second-order valence-electron chi connectivity index (χ2n) is 5.03. The minimum atomic E-state index is 0.769. The highest BCUT2D eigenvalue weighted by Crippen LogP contribution is 2.24. The van der Waals surface area contributed by atoms with Gasteiger partial charge in [0.15, 0.2) is 0 Å². The van der Waals surface area contributed by atoms with Gasteiger partial charge in [0.25, 0.3) is 0 Å². The lowest BCUT2D eigenvalue weighted by Gasteiger charge is -2.08. The van der Waals surface area contributed by atoms with E-state index in [1.54, 1.807) is 17.7 Å². The summed E-state index contributed by atoms with van der Waals surface area (Å²) in [6.07, 6.45) is 3.59. The SMILES string of the molecule is CCCOc1ccc(CCNc2ncnc3ccsc23)cc1. The maximum atomic E-state index is 5.59. The Kier molecular flexibility index (Phi) is 4.85. The summed E-state index contributed by atoms with van der Waals surface area (Å²) < 4.78 is 6.71. The van der Waals surface area contributed by atoms with Crippen LogP contribution in [0.5, 0.6) is 5.75 Å². The Morgan fingerprint density at radius 3 is 2.82 bits per heavy atom. The van der Waals surface area contributed by atoms with Crippen molar-refractivity contribution >= 4 is 27.4 Å². The number of hydrogen-bond donors (Lipinski definition) is 1. The summed E-state index contributed by atoms with van der Waals surface area (Å²) in [5.41, 5.74) is 2.28. The first-order valence-electron chi connectivity index (χ1n) is 7.50. The van der Waals surface area contributed by atoms with Gasteiger partial charge in [0.1, 0.15) is 17.9 Å². The molecule has 0 fully saturated rings. The van der Waals surface area contributed by atoms with Gasteiger partial charge in [0, 0.05) is 6.54 Å². The topological polar surface area (TPSA) is 47.0 Å². The van der Waals surface area contributed by atoms with Crippen LogP contribution in [0.2, 0.25) is 0 Å². The fourth-order valence-electron chi connectivity index (χ4n) is 2.21. The number of hydrogen-bond acceptors (Lipinski definition) is 5. The maximum absolute atomic E-state index is 5.59. The first-order valence-corrected chi connectivity index (χ1v) is 8.38. The van der Waals surface area contributed by atoms with Crippen LogP contribution in [0.4, 0.5) is 5.82 Å². The van der Waals surface area contributed by atoms with Crippen molar-refractivity contribution in [2.24, 2.45) is 0 Å². The average molecular weight is 313 g/mol. The van der Waals surface area contributed by atoms with E-state index < -0.39 is 0 Å². The van der Waals surface area contributed by atoms with Crippen molar-refractivity contribution in [3.8, 4) is 5.75 Å². The molecule has 4 nitrogen and oxygen atoms in total. The van der Waals surface area contributed by atoms with Gasteiger partial charge in [-0.15, -0.1) is 11.3 Å². The largest absolute Gasteiger partial charge is 0.494 e. The highest BCUT2D eigenvalue weighted by molar-refractivity contribution is 7.17. The highest BCUT2D eigenvalue weighted by atomic mass is 32.1. The molecular formula is C17H19N3OS. The predicted octanol–water partition coefficient (Wildman–Crippen LogP) is 4.13. The number of rotatable bonds is 7. The summed E-state index contributed by atoms with van der Waals surface area (Å²) in [6, 6.07) is 10.3. The molecule has 5 heteroatoms. The van der Waals surface area contributed by atoms with E-state index in [0.717, 1.165) is 47.8 Å². The summed E-state index contributed by atoms with van der Waals surface area (Å²) >= 11 is 1.67. The molecule has 0 aliphatic rings. The van der Waals surface area contributed by atoms with E-state index in [4.69, 9.17) is 4.74 Å². The van der Waals surface area contributed by atoms with Crippen LogP contribution in [0.1, 0.15) is 18.9 Å². The van der Waals surface area contributed by atoms with Gasteiger partial charge in [0.05, 0.1) is 16.8 Å². The van der Waals surface area contributed by atoms with E-state index in [-0.39, 0.29) is 0 Å². The molecule has 0 spiro atoms. The molecular weight excluding hydrogens is 294 g/mol. The van der Waals surface area contributed by atoms with Gasteiger partial charge >= 0.3 is 0 Å². The summed E-state index contributed by atoms with van der Waals surface area (Å²) in [7, 11) is 0. The standard InChI is InChI=1S/C17H19N3OS/c1-2-10-21-14-5-3-13(4-6-14)7-9-18-17-16-15(8-11-22-16)19-12-20-17/h3-6,8,11-12H,2,7,9-10H2,1H3,(H,18,19,20). The molecule has 0 atom stereocenters.